The predicted octanol–water partition coefficient (Wildman–Crippen LogP) is 12.2. The summed E-state index contributed by atoms with van der Waals surface area (Å²) in [6.45, 7) is 3.67. The highest BCUT2D eigenvalue weighted by Crippen LogP contribution is 2.43. The second kappa shape index (κ2) is 39.9. The van der Waals surface area contributed by atoms with Gasteiger partial charge in [-0.15, -0.1) is 0 Å². The van der Waals surface area contributed by atoms with Crippen LogP contribution in [0.15, 0.2) is 36.5 Å². The Kier molecular flexibility index (Phi) is 38.6. The summed E-state index contributed by atoms with van der Waals surface area (Å²) in [5, 5.41) is 0. The fourth-order valence-corrected chi connectivity index (χ4v) is 6.55. The molecule has 0 aromatic rings. The molecule has 53 heavy (non-hydrogen) atoms. The minimum Gasteiger partial charge on any atom is -0.462 e. The maximum atomic E-state index is 12.5. The number of nitrogens with two attached hydrogens (primary N) is 1. The van der Waals surface area contributed by atoms with Gasteiger partial charge in [0.25, 0.3) is 0 Å². The first-order valence-corrected chi connectivity index (χ1v) is 23.0. The van der Waals surface area contributed by atoms with Crippen LogP contribution in [0.25, 0.3) is 0 Å². The van der Waals surface area contributed by atoms with Gasteiger partial charge in [0.15, 0.2) is 6.10 Å². The van der Waals surface area contributed by atoms with E-state index in [9.17, 15) is 19.0 Å². The quantitative estimate of drug-likeness (QED) is 0.0270. The monoisotopic (exact) mass is 770 g/mol. The molecule has 0 amide bonds. The molecule has 0 aliphatic heterocycles. The Morgan fingerprint density at radius 3 is 1.53 bits per heavy atom. The Balaban J connectivity index is 4.22. The molecule has 10 heteroatoms. The fourth-order valence-electron chi connectivity index (χ4n) is 5.79. The molecule has 3 N–H and O–H groups in total. The first kappa shape index (κ1) is 51.2. The van der Waals surface area contributed by atoms with Crippen molar-refractivity contribution in [1.29, 1.82) is 0 Å². The predicted molar refractivity (Wildman–Crippen MR) is 220 cm³/mol. The first-order valence-electron chi connectivity index (χ1n) is 21.5. The lowest BCUT2D eigenvalue weighted by Gasteiger charge is -2.19. The zero-order valence-corrected chi connectivity index (χ0v) is 34.9. The van der Waals surface area contributed by atoms with Crippen molar-refractivity contribution in [3.05, 3.63) is 36.5 Å². The molecule has 310 valence electrons. The molecular formula is C43H80NO8P. The third-order valence-electron chi connectivity index (χ3n) is 9.00. The van der Waals surface area contributed by atoms with Crippen molar-refractivity contribution >= 4 is 19.8 Å². The summed E-state index contributed by atoms with van der Waals surface area (Å²) in [4.78, 5) is 34.8. The lowest BCUT2D eigenvalue weighted by atomic mass is 10.0. The molecule has 0 aliphatic rings. The van der Waals surface area contributed by atoms with Gasteiger partial charge < -0.3 is 20.1 Å². The number of hydrogen-bond acceptors (Lipinski definition) is 8. The van der Waals surface area contributed by atoms with Crippen molar-refractivity contribution < 1.29 is 37.6 Å². The van der Waals surface area contributed by atoms with Gasteiger partial charge in [-0.1, -0.05) is 153 Å². The fraction of sp³-hybridized carbons (Fsp3) is 0.814. The second-order valence-corrected chi connectivity index (χ2v) is 15.7. The minimum absolute atomic E-state index is 0.0470. The molecule has 0 heterocycles. The highest BCUT2D eigenvalue weighted by Gasteiger charge is 2.25. The van der Waals surface area contributed by atoms with E-state index in [1.54, 1.807) is 0 Å². The third kappa shape index (κ3) is 39.7. The van der Waals surface area contributed by atoms with E-state index in [1.807, 2.05) is 0 Å². The number of carbonyl (C=O) groups excluding carboxylic acids is 2. The van der Waals surface area contributed by atoms with Gasteiger partial charge in [-0.05, 0) is 64.2 Å². The van der Waals surface area contributed by atoms with Crippen LogP contribution >= 0.6 is 7.82 Å². The van der Waals surface area contributed by atoms with E-state index in [0.717, 1.165) is 44.9 Å². The van der Waals surface area contributed by atoms with Crippen LogP contribution in [0.5, 0.6) is 0 Å². The van der Waals surface area contributed by atoms with E-state index in [0.29, 0.717) is 6.42 Å². The molecule has 0 aromatic carbocycles. The summed E-state index contributed by atoms with van der Waals surface area (Å²) in [5.74, 6) is -0.881. The second-order valence-electron chi connectivity index (χ2n) is 14.2. The molecule has 0 aliphatic carbocycles. The maximum absolute atomic E-state index is 12.5. The molecule has 0 aromatic heterocycles. The summed E-state index contributed by atoms with van der Waals surface area (Å²) in [5.41, 5.74) is 5.34. The van der Waals surface area contributed by atoms with E-state index in [2.05, 4.69) is 50.3 Å². The number of phosphoric ester groups is 1. The van der Waals surface area contributed by atoms with Crippen LogP contribution in [-0.2, 0) is 32.7 Å². The summed E-state index contributed by atoms with van der Waals surface area (Å²) in [6.07, 6.45) is 43.2. The van der Waals surface area contributed by atoms with Gasteiger partial charge in [0, 0.05) is 19.4 Å². The van der Waals surface area contributed by atoms with E-state index in [-0.39, 0.29) is 32.6 Å². The molecule has 0 saturated carbocycles. The smallest absolute Gasteiger partial charge is 0.462 e. The number of hydrogen-bond donors (Lipinski definition) is 2. The summed E-state index contributed by atoms with van der Waals surface area (Å²) < 4.78 is 32.7. The average molecular weight is 770 g/mol. The molecule has 0 bridgehead atoms. The van der Waals surface area contributed by atoms with Gasteiger partial charge in [-0.2, -0.15) is 0 Å². The summed E-state index contributed by atoms with van der Waals surface area (Å²) in [6, 6.07) is 0. The molecule has 0 saturated heterocycles. The Morgan fingerprint density at radius 2 is 1.00 bits per heavy atom. The lowest BCUT2D eigenvalue weighted by Crippen LogP contribution is -2.29. The molecule has 2 atom stereocenters. The first-order chi connectivity index (χ1) is 25.8. The van der Waals surface area contributed by atoms with Gasteiger partial charge in [-0.25, -0.2) is 4.57 Å². The van der Waals surface area contributed by atoms with Gasteiger partial charge in [-0.3, -0.25) is 18.6 Å². The Hall–Kier alpha value is -1.77. The van der Waals surface area contributed by atoms with E-state index < -0.39 is 32.5 Å². The summed E-state index contributed by atoms with van der Waals surface area (Å²) in [7, 11) is -4.38. The number of allylic oxidation sites excluding steroid dienone is 6. The normalized spacial score (nSPS) is 13.7. The Bertz CT molecular complexity index is 970. The van der Waals surface area contributed by atoms with Crippen molar-refractivity contribution in [1.82, 2.24) is 0 Å². The SMILES string of the molecule is CCCCC/C=C\CCCC/C=C/C/C=C/CCCC(=O)O[C@H](COC(=O)CCCCCCCCCCCCCCCCC)COP(=O)(O)OCCN. The highest BCUT2D eigenvalue weighted by atomic mass is 31.2. The number of ether oxygens (including phenoxy) is 2. The van der Waals surface area contributed by atoms with Gasteiger partial charge in [0.2, 0.25) is 0 Å². The standard InChI is InChI=1S/C43H80NO8P/c1-3-5-7-9-11-13-15-17-19-20-22-24-26-28-30-32-34-36-43(46)52-41(40-51-53(47,48)50-38-37-44)39-49-42(45)35-33-31-29-27-25-23-21-18-16-14-12-10-8-6-4-2/h11,13,22,24,28,30,41H,3-10,12,14-21,23,25-27,29,31-40,44H2,1-2H3,(H,47,48)/b13-11-,24-22+,30-28+/t41-/m1/s1. The van der Waals surface area contributed by atoms with Crippen LogP contribution in [-0.4, -0.2) is 49.3 Å². The number of unbranched alkanes of at least 4 members (excludes halogenated alkanes) is 21. The van der Waals surface area contributed by atoms with Crippen molar-refractivity contribution in [2.24, 2.45) is 5.73 Å². The summed E-state index contributed by atoms with van der Waals surface area (Å²) >= 11 is 0. The van der Waals surface area contributed by atoms with Crippen LogP contribution in [0.4, 0.5) is 0 Å². The number of carbonyl (C=O) groups is 2. The van der Waals surface area contributed by atoms with Crippen molar-refractivity contribution in [3.8, 4) is 0 Å². The van der Waals surface area contributed by atoms with Crippen LogP contribution in [0.2, 0.25) is 0 Å². The molecule has 0 spiro atoms. The molecule has 0 rings (SSSR count). The van der Waals surface area contributed by atoms with Gasteiger partial charge in [0.1, 0.15) is 6.61 Å². The Labute approximate surface area is 324 Å². The van der Waals surface area contributed by atoms with E-state index >= 15 is 0 Å². The third-order valence-corrected chi connectivity index (χ3v) is 9.98. The number of esters is 2. The highest BCUT2D eigenvalue weighted by molar-refractivity contribution is 7.47. The van der Waals surface area contributed by atoms with Crippen molar-refractivity contribution in [2.45, 2.75) is 200 Å². The zero-order valence-electron chi connectivity index (χ0n) is 34.0. The minimum atomic E-state index is -4.38. The number of rotatable bonds is 40. The zero-order chi connectivity index (χ0) is 38.9. The van der Waals surface area contributed by atoms with Crippen molar-refractivity contribution in [3.63, 3.8) is 0 Å². The average Bonchev–Trinajstić information content (AvgIpc) is 3.14. The van der Waals surface area contributed by atoms with Gasteiger partial charge >= 0.3 is 19.8 Å². The van der Waals surface area contributed by atoms with Crippen LogP contribution in [0.1, 0.15) is 194 Å². The van der Waals surface area contributed by atoms with Crippen molar-refractivity contribution in [2.75, 3.05) is 26.4 Å². The maximum Gasteiger partial charge on any atom is 0.472 e. The van der Waals surface area contributed by atoms with E-state index in [1.165, 1.54) is 116 Å². The van der Waals surface area contributed by atoms with E-state index in [4.69, 9.17) is 24.3 Å². The van der Waals surface area contributed by atoms with Crippen LogP contribution in [0.3, 0.4) is 0 Å². The molecule has 9 nitrogen and oxygen atoms in total. The van der Waals surface area contributed by atoms with Crippen LogP contribution in [0, 0.1) is 0 Å². The lowest BCUT2D eigenvalue weighted by molar-refractivity contribution is -0.161. The number of phosphoric acid groups is 1. The largest absolute Gasteiger partial charge is 0.472 e. The van der Waals surface area contributed by atoms with Gasteiger partial charge in [0.05, 0.1) is 13.2 Å². The topological polar surface area (TPSA) is 134 Å². The Morgan fingerprint density at radius 1 is 0.566 bits per heavy atom. The molecule has 0 fully saturated rings. The molecule has 0 radical (unpaired) electrons. The molecule has 1 unspecified atom stereocenters. The molecular weight excluding hydrogens is 689 g/mol. The van der Waals surface area contributed by atoms with Crippen LogP contribution < -0.4 is 5.73 Å².